The van der Waals surface area contributed by atoms with Gasteiger partial charge in [0.15, 0.2) is 0 Å². The van der Waals surface area contributed by atoms with E-state index < -0.39 is 0 Å². The molecular weight excluding hydrogens is 347 g/mol. The molecule has 0 N–H and O–H groups in total. The summed E-state index contributed by atoms with van der Waals surface area (Å²) in [5, 5.41) is 0. The summed E-state index contributed by atoms with van der Waals surface area (Å²) in [4.78, 5) is 9.46. The number of halogens is 1. The summed E-state index contributed by atoms with van der Waals surface area (Å²) in [6.07, 6.45) is 0. The molecule has 3 heteroatoms. The zero-order valence-corrected chi connectivity index (χ0v) is 6.54. The third-order valence-electron chi connectivity index (χ3n) is 0. The third-order valence-corrected chi connectivity index (χ3v) is 0. The molecule has 0 spiro atoms. The second-order valence-electron chi connectivity index (χ2n) is 0.226. The maximum absolute atomic E-state index is 9.46. The van der Waals surface area contributed by atoms with E-state index in [1.165, 1.54) is 18.9 Å². The molecule has 0 rings (SSSR count). The normalized spacial score (nSPS) is 6.75. The Morgan fingerprint density at radius 1 is 2.00 bits per heavy atom. The summed E-state index contributed by atoms with van der Waals surface area (Å²) in [7, 11) is 0. The van der Waals surface area contributed by atoms with Crippen LogP contribution in [0.2, 0.25) is 0 Å². The molecule has 0 radical (unpaired) electrons. The third kappa shape index (κ3) is 11.6. The minimum atomic E-state index is 0.192. The van der Waals surface area contributed by atoms with E-state index >= 15 is 0 Å². The number of carbonyl (C=O) groups is 1. The first kappa shape index (κ1) is 5.05. The van der Waals surface area contributed by atoms with E-state index in [1.807, 2.05) is 0 Å². The van der Waals surface area contributed by atoms with Crippen LogP contribution in [0.25, 0.3) is 0 Å². The molecule has 0 aliphatic heterocycles. The van der Waals surface area contributed by atoms with E-state index in [-0.39, 0.29) is 2.30 Å². The van der Waals surface area contributed by atoms with Crippen LogP contribution in [0.3, 0.4) is 0 Å². The summed E-state index contributed by atoms with van der Waals surface area (Å²) in [5.41, 5.74) is 0. The Kier molecular flexibility index (Phi) is 2.90. The number of rotatable bonds is 0. The molecule has 0 unspecified atom stereocenters. The van der Waals surface area contributed by atoms with Gasteiger partial charge in [-0.1, -0.05) is 0 Å². The van der Waals surface area contributed by atoms with Crippen LogP contribution in [0, 0.1) is 0 Å². The van der Waals surface area contributed by atoms with Crippen LogP contribution in [-0.2, 0) is 18.9 Å². The van der Waals surface area contributed by atoms with Crippen molar-refractivity contribution in [2.45, 2.75) is 0 Å². The number of hydrogen-bond acceptors (Lipinski definition) is 1. The van der Waals surface area contributed by atoms with Crippen molar-refractivity contribution in [3.05, 3.63) is 0 Å². The fourth-order valence-electron chi connectivity index (χ4n) is 0. The molecule has 0 amide bonds. The van der Waals surface area contributed by atoms with Gasteiger partial charge in [0.1, 0.15) is 0 Å². The second-order valence-corrected chi connectivity index (χ2v) is 5.07. The van der Waals surface area contributed by atoms with E-state index in [1.54, 1.807) is 22.6 Å². The van der Waals surface area contributed by atoms with Crippen molar-refractivity contribution in [3.8, 4) is 0 Å². The molecule has 0 atom stereocenters. The van der Waals surface area contributed by atoms with Gasteiger partial charge in [0.25, 0.3) is 0 Å². The molecule has 4 heavy (non-hydrogen) atoms. The van der Waals surface area contributed by atoms with Gasteiger partial charge in [-0.3, -0.25) is 0 Å². The Hall–Kier alpha value is 1.05. The van der Waals surface area contributed by atoms with Crippen LogP contribution < -0.4 is 0 Å². The van der Waals surface area contributed by atoms with Gasteiger partial charge in [-0.25, -0.2) is 0 Å². The quantitative estimate of drug-likeness (QED) is 0.461. The van der Waals surface area contributed by atoms with E-state index in [2.05, 4.69) is 0 Å². The Balaban J connectivity index is 2.80. The van der Waals surface area contributed by atoms with E-state index in [9.17, 15) is 4.79 Å². The molecule has 0 fully saturated rings. The summed E-state index contributed by atoms with van der Waals surface area (Å²) >= 11 is 2.92. The predicted molar refractivity (Wildman–Crippen MR) is 22.2 cm³/mol. The molecule has 0 aliphatic carbocycles. The molecule has 0 bridgehead atoms. The first-order valence-corrected chi connectivity index (χ1v) is 3.02. The van der Waals surface area contributed by atoms with Crippen LogP contribution in [0.4, 0.5) is 4.79 Å². The van der Waals surface area contributed by atoms with Crippen molar-refractivity contribution in [1.82, 2.24) is 0 Å². The standard InChI is InChI=1S/CIO.Ir.2H/c2-1-3;;;. The molecular formula is CH2IIrO. The second kappa shape index (κ2) is 2.30. The van der Waals surface area contributed by atoms with Gasteiger partial charge in [-0.05, 0) is 0 Å². The summed E-state index contributed by atoms with van der Waals surface area (Å²) in [6, 6.07) is 0. The van der Waals surface area contributed by atoms with Gasteiger partial charge in [0.2, 0.25) is 0 Å². The summed E-state index contributed by atoms with van der Waals surface area (Å²) < 4.78 is 0.192. The SMILES string of the molecule is O=[C](I)[IrH2]. The monoisotopic (exact) mass is 350 g/mol. The van der Waals surface area contributed by atoms with Crippen LogP contribution in [-0.4, -0.2) is 2.30 Å². The zero-order chi connectivity index (χ0) is 3.58. The average Bonchev–Trinajstić information content (AvgIpc) is 0.811. The summed E-state index contributed by atoms with van der Waals surface area (Å²) in [6.45, 7) is 0. The average molecular weight is 349 g/mol. The Morgan fingerprint density at radius 3 is 2.00 bits per heavy atom. The van der Waals surface area contributed by atoms with Crippen molar-refractivity contribution in [2.75, 3.05) is 0 Å². The van der Waals surface area contributed by atoms with Gasteiger partial charge >= 0.3 is 48.6 Å². The van der Waals surface area contributed by atoms with Gasteiger partial charge < -0.3 is 0 Å². The van der Waals surface area contributed by atoms with Crippen molar-refractivity contribution >= 4 is 24.9 Å². The zero-order valence-electron chi connectivity index (χ0n) is 1.66. The molecule has 0 heterocycles. The van der Waals surface area contributed by atoms with Gasteiger partial charge in [0, 0.05) is 0 Å². The van der Waals surface area contributed by atoms with Gasteiger partial charge in [0.05, 0.1) is 0 Å². The molecule has 28 valence electrons. The fourth-order valence-corrected chi connectivity index (χ4v) is 0. The maximum atomic E-state index is 9.46. The predicted octanol–water partition coefficient (Wildman–Crippen LogP) is 0.553. The van der Waals surface area contributed by atoms with Gasteiger partial charge in [-0.15, -0.1) is 0 Å². The molecule has 0 saturated carbocycles. The van der Waals surface area contributed by atoms with Crippen LogP contribution in [0.15, 0.2) is 0 Å². The number of carbonyl (C=O) groups excluding carboxylic acids is 1. The fraction of sp³-hybridized carbons (Fsp3) is 0. The van der Waals surface area contributed by atoms with Crippen molar-refractivity contribution in [1.29, 1.82) is 0 Å². The molecule has 1 nitrogen and oxygen atoms in total. The van der Waals surface area contributed by atoms with E-state index in [0.29, 0.717) is 0 Å². The van der Waals surface area contributed by atoms with Crippen LogP contribution in [0.5, 0.6) is 0 Å². The number of hydrogen-bond donors (Lipinski definition) is 0. The first-order valence-electron chi connectivity index (χ1n) is 0.582. The Bertz CT molecular complexity index is 31.0. The Labute approximate surface area is 48.4 Å². The van der Waals surface area contributed by atoms with Crippen LogP contribution in [0.1, 0.15) is 0 Å². The first-order chi connectivity index (χ1) is 1.73. The molecule has 0 aromatic rings. The Morgan fingerprint density at radius 2 is 2.00 bits per heavy atom. The van der Waals surface area contributed by atoms with E-state index in [0.717, 1.165) is 0 Å². The van der Waals surface area contributed by atoms with Crippen molar-refractivity contribution in [2.24, 2.45) is 0 Å². The summed E-state index contributed by atoms with van der Waals surface area (Å²) in [5.74, 6) is 0. The molecule has 0 aliphatic rings. The molecule has 0 aromatic heterocycles. The minimum absolute atomic E-state index is 0.192. The molecule has 0 aromatic carbocycles. The molecule has 0 saturated heterocycles. The van der Waals surface area contributed by atoms with Gasteiger partial charge in [-0.2, -0.15) is 0 Å². The topological polar surface area (TPSA) is 17.1 Å². The van der Waals surface area contributed by atoms with Crippen molar-refractivity contribution < 1.29 is 23.7 Å². The van der Waals surface area contributed by atoms with E-state index in [4.69, 9.17) is 0 Å². The van der Waals surface area contributed by atoms with Crippen LogP contribution >= 0.6 is 22.6 Å². The van der Waals surface area contributed by atoms with Crippen molar-refractivity contribution in [3.63, 3.8) is 0 Å².